The zero-order valence-corrected chi connectivity index (χ0v) is 10.7. The van der Waals surface area contributed by atoms with Gasteiger partial charge in [-0.2, -0.15) is 0 Å². The fraction of sp³-hybridized carbons (Fsp3) is 0.364. The summed E-state index contributed by atoms with van der Waals surface area (Å²) in [5, 5.41) is 0. The normalized spacial score (nSPS) is 12.2. The topological polar surface area (TPSA) is 52.3 Å². The average Bonchev–Trinajstić information content (AvgIpc) is 2.26. The molecule has 82 valence electrons. The van der Waals surface area contributed by atoms with Crippen LogP contribution in [-0.2, 0) is 9.53 Å². The van der Waals surface area contributed by atoms with Crippen molar-refractivity contribution in [2.45, 2.75) is 18.9 Å². The molecule has 2 N–H and O–H groups in total. The van der Waals surface area contributed by atoms with Crippen LogP contribution in [0, 0.1) is 3.57 Å². The van der Waals surface area contributed by atoms with E-state index in [1.807, 2.05) is 24.3 Å². The maximum absolute atomic E-state index is 10.9. The Bertz CT molecular complexity index is 324. The van der Waals surface area contributed by atoms with Crippen LogP contribution in [0.4, 0.5) is 0 Å². The first-order valence-corrected chi connectivity index (χ1v) is 5.79. The van der Waals surface area contributed by atoms with E-state index in [0.29, 0.717) is 12.8 Å². The van der Waals surface area contributed by atoms with Gasteiger partial charge in [-0.05, 0) is 46.7 Å². The molecular weight excluding hydrogens is 305 g/mol. The first kappa shape index (κ1) is 12.4. The van der Waals surface area contributed by atoms with E-state index < -0.39 is 0 Å². The summed E-state index contributed by atoms with van der Waals surface area (Å²) in [7, 11) is 1.39. The molecule has 4 heteroatoms. The molecule has 1 atom stereocenters. The number of halogens is 1. The lowest BCUT2D eigenvalue weighted by Gasteiger charge is -2.10. The minimum atomic E-state index is -0.212. The van der Waals surface area contributed by atoms with Gasteiger partial charge in [0, 0.05) is 16.0 Å². The summed E-state index contributed by atoms with van der Waals surface area (Å²) in [4.78, 5) is 10.9. The molecule has 0 saturated carbocycles. The quantitative estimate of drug-likeness (QED) is 0.684. The Morgan fingerprint density at radius 1 is 1.47 bits per heavy atom. The van der Waals surface area contributed by atoms with Crippen LogP contribution in [0.5, 0.6) is 0 Å². The Morgan fingerprint density at radius 2 is 2.07 bits per heavy atom. The Hall–Kier alpha value is -0.620. The molecule has 15 heavy (non-hydrogen) atoms. The van der Waals surface area contributed by atoms with E-state index in [-0.39, 0.29) is 12.0 Å². The van der Waals surface area contributed by atoms with Crippen molar-refractivity contribution in [3.8, 4) is 0 Å². The number of hydrogen-bond donors (Lipinski definition) is 1. The number of hydrogen-bond acceptors (Lipinski definition) is 3. The van der Waals surface area contributed by atoms with Gasteiger partial charge in [-0.3, -0.25) is 4.79 Å². The number of carbonyl (C=O) groups is 1. The van der Waals surface area contributed by atoms with Crippen molar-refractivity contribution in [3.05, 3.63) is 33.4 Å². The molecule has 1 aromatic carbocycles. The third-order valence-corrected chi connectivity index (χ3v) is 2.90. The highest BCUT2D eigenvalue weighted by atomic mass is 127. The number of rotatable bonds is 4. The van der Waals surface area contributed by atoms with Gasteiger partial charge in [0.15, 0.2) is 0 Å². The van der Waals surface area contributed by atoms with Crippen LogP contribution in [0.3, 0.4) is 0 Å². The second-order valence-electron chi connectivity index (χ2n) is 3.27. The van der Waals surface area contributed by atoms with Crippen LogP contribution in [0.2, 0.25) is 0 Å². The Kier molecular flexibility index (Phi) is 5.04. The van der Waals surface area contributed by atoms with E-state index >= 15 is 0 Å². The second kappa shape index (κ2) is 6.07. The van der Waals surface area contributed by atoms with E-state index in [1.165, 1.54) is 10.7 Å². The van der Waals surface area contributed by atoms with Gasteiger partial charge < -0.3 is 10.5 Å². The zero-order chi connectivity index (χ0) is 11.3. The largest absolute Gasteiger partial charge is 0.469 e. The highest BCUT2D eigenvalue weighted by Gasteiger charge is 2.08. The predicted molar refractivity (Wildman–Crippen MR) is 67.3 cm³/mol. The van der Waals surface area contributed by atoms with Crippen LogP contribution in [0.25, 0.3) is 0 Å². The molecule has 3 nitrogen and oxygen atoms in total. The number of benzene rings is 1. The number of esters is 1. The summed E-state index contributed by atoms with van der Waals surface area (Å²) in [6, 6.07) is 7.90. The predicted octanol–water partition coefficient (Wildman–Crippen LogP) is 2.24. The Balaban J connectivity index is 2.50. The standard InChI is InChI=1S/C11H14INO2/c1-15-11(14)7-6-10(13)8-2-4-9(12)5-3-8/h2-5,10H,6-7,13H2,1H3. The molecule has 1 unspecified atom stereocenters. The molecule has 0 spiro atoms. The maximum Gasteiger partial charge on any atom is 0.305 e. The van der Waals surface area contributed by atoms with E-state index in [2.05, 4.69) is 27.3 Å². The molecular formula is C11H14INO2. The van der Waals surface area contributed by atoms with Crippen LogP contribution >= 0.6 is 22.6 Å². The third-order valence-electron chi connectivity index (χ3n) is 2.19. The summed E-state index contributed by atoms with van der Waals surface area (Å²) < 4.78 is 5.74. The number of carbonyl (C=O) groups excluding carboxylic acids is 1. The molecule has 1 aromatic rings. The lowest BCUT2D eigenvalue weighted by atomic mass is 10.0. The van der Waals surface area contributed by atoms with Gasteiger partial charge in [0.25, 0.3) is 0 Å². The van der Waals surface area contributed by atoms with Gasteiger partial charge in [-0.25, -0.2) is 0 Å². The third kappa shape index (κ3) is 4.17. The minimum absolute atomic E-state index is 0.0962. The van der Waals surface area contributed by atoms with Crippen molar-refractivity contribution in [1.82, 2.24) is 0 Å². The van der Waals surface area contributed by atoms with Crippen LogP contribution < -0.4 is 5.73 Å². The first-order chi connectivity index (χ1) is 7.13. The number of nitrogens with two attached hydrogens (primary N) is 1. The summed E-state index contributed by atoms with van der Waals surface area (Å²) in [5.74, 6) is -0.212. The average molecular weight is 319 g/mol. The monoisotopic (exact) mass is 319 g/mol. The molecule has 0 aliphatic rings. The van der Waals surface area contributed by atoms with Gasteiger partial charge in [0.1, 0.15) is 0 Å². The second-order valence-corrected chi connectivity index (χ2v) is 4.52. The SMILES string of the molecule is COC(=O)CCC(N)c1ccc(I)cc1. The van der Waals surface area contributed by atoms with Crippen LogP contribution in [0.15, 0.2) is 24.3 Å². The fourth-order valence-corrected chi connectivity index (χ4v) is 1.61. The van der Waals surface area contributed by atoms with Crippen molar-refractivity contribution in [1.29, 1.82) is 0 Å². The number of methoxy groups -OCH3 is 1. The molecule has 0 aromatic heterocycles. The molecule has 0 fully saturated rings. The molecule has 0 radical (unpaired) electrons. The highest BCUT2D eigenvalue weighted by Crippen LogP contribution is 2.17. The van der Waals surface area contributed by atoms with Crippen LogP contribution in [0.1, 0.15) is 24.4 Å². The fourth-order valence-electron chi connectivity index (χ4n) is 1.25. The lowest BCUT2D eigenvalue weighted by molar-refractivity contribution is -0.140. The summed E-state index contributed by atoms with van der Waals surface area (Å²) in [5.41, 5.74) is 6.99. The maximum atomic E-state index is 10.9. The van der Waals surface area contributed by atoms with E-state index in [9.17, 15) is 4.79 Å². The summed E-state index contributed by atoms with van der Waals surface area (Å²) in [6.45, 7) is 0. The van der Waals surface area contributed by atoms with Gasteiger partial charge in [-0.1, -0.05) is 12.1 Å². The van der Waals surface area contributed by atoms with E-state index in [4.69, 9.17) is 5.73 Å². The van der Waals surface area contributed by atoms with Crippen molar-refractivity contribution in [3.63, 3.8) is 0 Å². The Morgan fingerprint density at radius 3 is 2.60 bits per heavy atom. The Labute approximate surface area is 103 Å². The molecule has 0 saturated heterocycles. The van der Waals surface area contributed by atoms with Crippen molar-refractivity contribution in [2.24, 2.45) is 5.73 Å². The van der Waals surface area contributed by atoms with Gasteiger partial charge in [0.2, 0.25) is 0 Å². The van der Waals surface area contributed by atoms with Gasteiger partial charge >= 0.3 is 5.97 Å². The summed E-state index contributed by atoms with van der Waals surface area (Å²) in [6.07, 6.45) is 0.983. The smallest absolute Gasteiger partial charge is 0.305 e. The molecule has 0 aliphatic heterocycles. The first-order valence-electron chi connectivity index (χ1n) is 4.71. The van der Waals surface area contributed by atoms with Gasteiger partial charge in [-0.15, -0.1) is 0 Å². The number of ether oxygens (including phenoxy) is 1. The van der Waals surface area contributed by atoms with Crippen molar-refractivity contribution in [2.75, 3.05) is 7.11 Å². The van der Waals surface area contributed by atoms with Gasteiger partial charge in [0.05, 0.1) is 7.11 Å². The van der Waals surface area contributed by atoms with E-state index in [0.717, 1.165) is 5.56 Å². The summed E-state index contributed by atoms with van der Waals surface area (Å²) >= 11 is 2.24. The molecule has 0 aliphatic carbocycles. The molecule has 0 heterocycles. The van der Waals surface area contributed by atoms with Crippen molar-refractivity contribution >= 4 is 28.6 Å². The van der Waals surface area contributed by atoms with Crippen LogP contribution in [-0.4, -0.2) is 13.1 Å². The molecule has 1 rings (SSSR count). The zero-order valence-electron chi connectivity index (χ0n) is 8.57. The van der Waals surface area contributed by atoms with Crippen molar-refractivity contribution < 1.29 is 9.53 Å². The molecule has 0 amide bonds. The lowest BCUT2D eigenvalue weighted by Crippen LogP contribution is -2.12. The highest BCUT2D eigenvalue weighted by molar-refractivity contribution is 14.1. The minimum Gasteiger partial charge on any atom is -0.469 e. The molecule has 0 bridgehead atoms. The van der Waals surface area contributed by atoms with E-state index in [1.54, 1.807) is 0 Å².